The third kappa shape index (κ3) is 4.00. The van der Waals surface area contributed by atoms with E-state index in [9.17, 15) is 8.78 Å². The van der Waals surface area contributed by atoms with Gasteiger partial charge in [-0.15, -0.1) is 0 Å². The number of hydrogen-bond acceptors (Lipinski definition) is 3. The van der Waals surface area contributed by atoms with E-state index in [1.165, 1.54) is 12.1 Å². The van der Waals surface area contributed by atoms with Gasteiger partial charge in [-0.05, 0) is 36.2 Å². The van der Waals surface area contributed by atoms with Gasteiger partial charge < -0.3 is 4.74 Å². The highest BCUT2D eigenvalue weighted by Crippen LogP contribution is 2.30. The number of nitrogens with one attached hydrogen (secondary N) is 1. The Hall–Kier alpha value is -1.50. The molecule has 0 aliphatic carbocycles. The van der Waals surface area contributed by atoms with Crippen LogP contribution in [0.1, 0.15) is 17.2 Å². The van der Waals surface area contributed by atoms with Gasteiger partial charge in [0.25, 0.3) is 0 Å². The summed E-state index contributed by atoms with van der Waals surface area (Å²) in [4.78, 5) is 0. The van der Waals surface area contributed by atoms with Gasteiger partial charge in [-0.1, -0.05) is 22.0 Å². The van der Waals surface area contributed by atoms with Gasteiger partial charge in [0.1, 0.15) is 17.4 Å². The Kier molecular flexibility index (Phi) is 5.27. The molecule has 0 saturated carbocycles. The largest absolute Gasteiger partial charge is 0.496 e. The van der Waals surface area contributed by atoms with E-state index in [0.29, 0.717) is 17.7 Å². The number of hydrogen-bond donors (Lipinski definition) is 2. The lowest BCUT2D eigenvalue weighted by molar-refractivity contribution is 0.398. The molecule has 0 aliphatic heterocycles. The molecule has 0 aromatic heterocycles. The zero-order valence-electron chi connectivity index (χ0n) is 11.4. The van der Waals surface area contributed by atoms with E-state index in [0.717, 1.165) is 16.1 Å². The Morgan fingerprint density at radius 1 is 1.19 bits per heavy atom. The van der Waals surface area contributed by atoms with Crippen LogP contribution in [-0.2, 0) is 6.42 Å². The summed E-state index contributed by atoms with van der Waals surface area (Å²) < 4.78 is 32.7. The molecule has 2 aromatic rings. The molecule has 0 radical (unpaired) electrons. The predicted octanol–water partition coefficient (Wildman–Crippen LogP) is 3.48. The minimum absolute atomic E-state index is 0.325. The fourth-order valence-corrected chi connectivity index (χ4v) is 2.54. The summed E-state index contributed by atoms with van der Waals surface area (Å²) in [5.41, 5.74) is 3.99. The van der Waals surface area contributed by atoms with Crippen LogP contribution in [0.15, 0.2) is 40.9 Å². The lowest BCUT2D eigenvalue weighted by Gasteiger charge is -2.19. The van der Waals surface area contributed by atoms with Crippen LogP contribution in [0.3, 0.4) is 0 Å². The van der Waals surface area contributed by atoms with Crippen LogP contribution in [0.4, 0.5) is 8.78 Å². The molecule has 0 saturated heterocycles. The highest BCUT2D eigenvalue weighted by molar-refractivity contribution is 9.10. The number of rotatable bonds is 5. The van der Waals surface area contributed by atoms with Crippen molar-refractivity contribution in [2.45, 2.75) is 12.5 Å². The van der Waals surface area contributed by atoms with Crippen molar-refractivity contribution in [2.24, 2.45) is 5.84 Å². The summed E-state index contributed by atoms with van der Waals surface area (Å²) in [6, 6.07) is 8.62. The summed E-state index contributed by atoms with van der Waals surface area (Å²) in [6.45, 7) is 0. The molecule has 0 fully saturated rings. The van der Waals surface area contributed by atoms with Crippen LogP contribution in [0.25, 0.3) is 0 Å². The molecule has 0 spiro atoms. The van der Waals surface area contributed by atoms with E-state index >= 15 is 0 Å². The summed E-state index contributed by atoms with van der Waals surface area (Å²) in [5, 5.41) is 0. The number of ether oxygens (including phenoxy) is 1. The fourth-order valence-electron chi connectivity index (χ4n) is 2.20. The Balaban J connectivity index is 2.31. The van der Waals surface area contributed by atoms with E-state index in [1.807, 2.05) is 18.2 Å². The third-order valence-corrected chi connectivity index (χ3v) is 3.63. The summed E-state index contributed by atoms with van der Waals surface area (Å²) >= 11 is 3.36. The van der Waals surface area contributed by atoms with Gasteiger partial charge in [-0.2, -0.15) is 0 Å². The third-order valence-electron chi connectivity index (χ3n) is 3.13. The first-order valence-electron chi connectivity index (χ1n) is 6.28. The van der Waals surface area contributed by atoms with Crippen molar-refractivity contribution in [2.75, 3.05) is 7.11 Å². The SMILES string of the molecule is COc1cc(Br)ccc1C(Cc1cc(F)cc(F)c1)NN. The van der Waals surface area contributed by atoms with Crippen molar-refractivity contribution in [3.8, 4) is 5.75 Å². The highest BCUT2D eigenvalue weighted by atomic mass is 79.9. The molecular formula is C15H15BrF2N2O. The molecule has 0 amide bonds. The molecule has 2 aromatic carbocycles. The van der Waals surface area contributed by atoms with Crippen LogP contribution < -0.4 is 16.0 Å². The molecule has 3 N–H and O–H groups in total. The normalized spacial score (nSPS) is 12.2. The zero-order valence-corrected chi connectivity index (χ0v) is 13.0. The van der Waals surface area contributed by atoms with Crippen LogP contribution in [0.5, 0.6) is 5.75 Å². The van der Waals surface area contributed by atoms with Crippen molar-refractivity contribution in [3.05, 3.63) is 63.6 Å². The smallest absolute Gasteiger partial charge is 0.126 e. The van der Waals surface area contributed by atoms with E-state index in [4.69, 9.17) is 10.6 Å². The first-order chi connectivity index (χ1) is 10.0. The van der Waals surface area contributed by atoms with Crippen molar-refractivity contribution in [3.63, 3.8) is 0 Å². The Morgan fingerprint density at radius 3 is 2.43 bits per heavy atom. The number of halogens is 3. The maximum Gasteiger partial charge on any atom is 0.126 e. The second-order valence-electron chi connectivity index (χ2n) is 4.59. The molecule has 112 valence electrons. The predicted molar refractivity (Wildman–Crippen MR) is 80.8 cm³/mol. The Morgan fingerprint density at radius 2 is 1.86 bits per heavy atom. The first kappa shape index (κ1) is 15.9. The van der Waals surface area contributed by atoms with Gasteiger partial charge >= 0.3 is 0 Å². The van der Waals surface area contributed by atoms with Gasteiger partial charge in [-0.3, -0.25) is 11.3 Å². The molecule has 6 heteroatoms. The molecule has 21 heavy (non-hydrogen) atoms. The van der Waals surface area contributed by atoms with E-state index in [1.54, 1.807) is 7.11 Å². The lowest BCUT2D eigenvalue weighted by Crippen LogP contribution is -2.30. The molecule has 0 aliphatic rings. The minimum atomic E-state index is -0.608. The summed E-state index contributed by atoms with van der Waals surface area (Å²) in [7, 11) is 1.56. The van der Waals surface area contributed by atoms with Crippen LogP contribution in [0.2, 0.25) is 0 Å². The molecule has 2 rings (SSSR count). The highest BCUT2D eigenvalue weighted by Gasteiger charge is 2.16. The number of hydrazine groups is 1. The minimum Gasteiger partial charge on any atom is -0.496 e. The van der Waals surface area contributed by atoms with Crippen LogP contribution in [0, 0.1) is 11.6 Å². The maximum absolute atomic E-state index is 13.3. The lowest BCUT2D eigenvalue weighted by atomic mass is 9.98. The number of nitrogens with two attached hydrogens (primary N) is 1. The van der Waals surface area contributed by atoms with Gasteiger partial charge in [0.15, 0.2) is 0 Å². The van der Waals surface area contributed by atoms with E-state index in [-0.39, 0.29) is 6.04 Å². The van der Waals surface area contributed by atoms with Crippen molar-refractivity contribution in [1.29, 1.82) is 0 Å². The second-order valence-corrected chi connectivity index (χ2v) is 5.50. The average Bonchev–Trinajstić information content (AvgIpc) is 2.44. The zero-order chi connectivity index (χ0) is 15.4. The average molecular weight is 357 g/mol. The quantitative estimate of drug-likeness (QED) is 0.636. The number of benzene rings is 2. The summed E-state index contributed by atoms with van der Waals surface area (Å²) in [6.07, 6.45) is 0.336. The molecule has 0 heterocycles. The van der Waals surface area contributed by atoms with Gasteiger partial charge in [0.2, 0.25) is 0 Å². The van der Waals surface area contributed by atoms with Crippen molar-refractivity contribution >= 4 is 15.9 Å². The molecule has 3 nitrogen and oxygen atoms in total. The summed E-state index contributed by atoms with van der Waals surface area (Å²) in [5.74, 6) is 5.01. The standard InChI is InChI=1S/C15H15BrF2N2O/c1-21-15-7-10(16)2-3-13(15)14(20-19)6-9-4-11(17)8-12(18)5-9/h2-5,7-8,14,20H,6,19H2,1H3. The van der Waals surface area contributed by atoms with Crippen LogP contribution >= 0.6 is 15.9 Å². The Labute approximate surface area is 130 Å². The molecule has 1 atom stereocenters. The second kappa shape index (κ2) is 6.98. The van der Waals surface area contributed by atoms with Gasteiger partial charge in [0, 0.05) is 16.1 Å². The first-order valence-corrected chi connectivity index (χ1v) is 7.07. The van der Waals surface area contributed by atoms with E-state index in [2.05, 4.69) is 21.4 Å². The van der Waals surface area contributed by atoms with Crippen molar-refractivity contribution in [1.82, 2.24) is 5.43 Å². The fraction of sp³-hybridized carbons (Fsp3) is 0.200. The molecular weight excluding hydrogens is 342 g/mol. The van der Waals surface area contributed by atoms with Gasteiger partial charge in [-0.25, -0.2) is 8.78 Å². The maximum atomic E-state index is 13.3. The van der Waals surface area contributed by atoms with Crippen molar-refractivity contribution < 1.29 is 13.5 Å². The topological polar surface area (TPSA) is 47.3 Å². The van der Waals surface area contributed by atoms with Gasteiger partial charge in [0.05, 0.1) is 13.2 Å². The monoisotopic (exact) mass is 356 g/mol. The molecule has 1 unspecified atom stereocenters. The Bertz CT molecular complexity index is 617. The van der Waals surface area contributed by atoms with Crippen LogP contribution in [-0.4, -0.2) is 7.11 Å². The number of methoxy groups -OCH3 is 1. The molecule has 0 bridgehead atoms. The van der Waals surface area contributed by atoms with E-state index < -0.39 is 11.6 Å².